The zero-order valence-electron chi connectivity index (χ0n) is 14.7. The van der Waals surface area contributed by atoms with Gasteiger partial charge in [-0.2, -0.15) is 0 Å². The molecule has 130 valence electrons. The molecule has 1 rings (SSSR count). The van der Waals surface area contributed by atoms with Crippen LogP contribution in [0.3, 0.4) is 0 Å². The van der Waals surface area contributed by atoms with Gasteiger partial charge >= 0.3 is 0 Å². The van der Waals surface area contributed by atoms with Crippen LogP contribution in [0.25, 0.3) is 6.08 Å². The van der Waals surface area contributed by atoms with Crippen LogP contribution < -0.4 is 9.47 Å². The van der Waals surface area contributed by atoms with Crippen LogP contribution in [-0.2, 0) is 0 Å². The first-order valence-electron chi connectivity index (χ1n) is 8.95. The Hall–Kier alpha value is -1.15. The van der Waals surface area contributed by atoms with E-state index in [2.05, 4.69) is 20.4 Å². The van der Waals surface area contributed by atoms with Gasteiger partial charge < -0.3 is 9.47 Å². The predicted molar refractivity (Wildman–Crippen MR) is 101 cm³/mol. The lowest BCUT2D eigenvalue weighted by Crippen LogP contribution is -2.02. The maximum atomic E-state index is 6.44. The first-order chi connectivity index (χ1) is 11.2. The topological polar surface area (TPSA) is 18.5 Å². The monoisotopic (exact) mass is 338 g/mol. The minimum Gasteiger partial charge on any atom is -0.493 e. The van der Waals surface area contributed by atoms with Gasteiger partial charge in [0.05, 0.1) is 18.2 Å². The summed E-state index contributed by atoms with van der Waals surface area (Å²) in [7, 11) is 0. The quantitative estimate of drug-likeness (QED) is 0.364. The Morgan fingerprint density at radius 1 is 0.870 bits per heavy atom. The van der Waals surface area contributed by atoms with Crippen LogP contribution in [0.15, 0.2) is 18.7 Å². The van der Waals surface area contributed by atoms with Gasteiger partial charge in [0.25, 0.3) is 0 Å². The summed E-state index contributed by atoms with van der Waals surface area (Å²) in [6.07, 6.45) is 11.2. The number of ether oxygens (including phenoxy) is 2. The normalized spacial score (nSPS) is 10.6. The van der Waals surface area contributed by atoms with E-state index in [1.54, 1.807) is 6.08 Å². The Balaban J connectivity index is 2.55. The smallest absolute Gasteiger partial charge is 0.138 e. The van der Waals surface area contributed by atoms with Crippen molar-refractivity contribution in [2.45, 2.75) is 65.2 Å². The molecule has 0 saturated carbocycles. The van der Waals surface area contributed by atoms with E-state index in [1.165, 1.54) is 38.5 Å². The number of unbranched alkanes of at least 4 members (excludes halogenated alkanes) is 6. The van der Waals surface area contributed by atoms with E-state index < -0.39 is 0 Å². The van der Waals surface area contributed by atoms with Crippen LogP contribution in [0.5, 0.6) is 11.5 Å². The lowest BCUT2D eigenvalue weighted by Gasteiger charge is -2.14. The molecule has 2 nitrogen and oxygen atoms in total. The fraction of sp³-hybridized carbons (Fsp3) is 0.600. The molecule has 0 saturated heterocycles. The highest BCUT2D eigenvalue weighted by atomic mass is 35.5. The molecular weight excluding hydrogens is 308 g/mol. The Bertz CT molecular complexity index is 457. The molecule has 0 N–H and O–H groups in total. The Labute approximate surface area is 146 Å². The van der Waals surface area contributed by atoms with Crippen LogP contribution in [0.2, 0.25) is 5.02 Å². The van der Waals surface area contributed by atoms with Gasteiger partial charge in [-0.15, -0.1) is 0 Å². The fourth-order valence-electron chi connectivity index (χ4n) is 2.40. The molecule has 0 aliphatic heterocycles. The van der Waals surface area contributed by atoms with Gasteiger partial charge in [-0.3, -0.25) is 0 Å². The van der Waals surface area contributed by atoms with Crippen molar-refractivity contribution >= 4 is 17.7 Å². The van der Waals surface area contributed by atoms with Crippen molar-refractivity contribution in [3.05, 3.63) is 29.3 Å². The van der Waals surface area contributed by atoms with Crippen molar-refractivity contribution in [3.63, 3.8) is 0 Å². The summed E-state index contributed by atoms with van der Waals surface area (Å²) in [5.74, 6) is 1.51. The highest BCUT2D eigenvalue weighted by Gasteiger charge is 2.11. The summed E-state index contributed by atoms with van der Waals surface area (Å²) in [6, 6.07) is 3.83. The standard InChI is InChI=1S/C20H31ClO2/c1-4-7-9-11-15-22-18-13-14-19(20(21)17(18)6-3)23-16-12-10-8-5-2/h6,13-14H,3-5,7-12,15-16H2,1-2H3. The Morgan fingerprint density at radius 2 is 1.39 bits per heavy atom. The van der Waals surface area contributed by atoms with Crippen molar-refractivity contribution in [2.24, 2.45) is 0 Å². The van der Waals surface area contributed by atoms with Gasteiger partial charge in [0.15, 0.2) is 0 Å². The molecule has 0 aliphatic carbocycles. The third kappa shape index (κ3) is 7.30. The van der Waals surface area contributed by atoms with E-state index in [9.17, 15) is 0 Å². The second-order valence-corrected chi connectivity index (χ2v) is 6.19. The first kappa shape index (κ1) is 19.9. The molecule has 0 spiro atoms. The van der Waals surface area contributed by atoms with Crippen molar-refractivity contribution < 1.29 is 9.47 Å². The van der Waals surface area contributed by atoms with E-state index in [1.807, 2.05) is 12.1 Å². The summed E-state index contributed by atoms with van der Waals surface area (Å²) in [5.41, 5.74) is 0.827. The molecule has 0 aliphatic rings. The molecule has 0 atom stereocenters. The maximum Gasteiger partial charge on any atom is 0.138 e. The second-order valence-electron chi connectivity index (χ2n) is 5.81. The van der Waals surface area contributed by atoms with Crippen LogP contribution in [0.4, 0.5) is 0 Å². The molecule has 23 heavy (non-hydrogen) atoms. The molecule has 1 aromatic carbocycles. The van der Waals surface area contributed by atoms with Crippen molar-refractivity contribution in [2.75, 3.05) is 13.2 Å². The SMILES string of the molecule is C=Cc1c(OCCCCCC)ccc(OCCCCCC)c1Cl. The number of halogens is 1. The molecule has 0 fully saturated rings. The van der Waals surface area contributed by atoms with Gasteiger partial charge in [-0.05, 0) is 25.0 Å². The van der Waals surface area contributed by atoms with Crippen LogP contribution in [-0.4, -0.2) is 13.2 Å². The minimum atomic E-state index is 0.599. The minimum absolute atomic E-state index is 0.599. The van der Waals surface area contributed by atoms with Crippen molar-refractivity contribution in [1.82, 2.24) is 0 Å². The molecule has 0 bridgehead atoms. The first-order valence-corrected chi connectivity index (χ1v) is 9.32. The van der Waals surface area contributed by atoms with Gasteiger partial charge in [-0.1, -0.05) is 76.6 Å². The van der Waals surface area contributed by atoms with Gasteiger partial charge in [-0.25, -0.2) is 0 Å². The summed E-state index contributed by atoms with van der Waals surface area (Å²) < 4.78 is 11.7. The van der Waals surface area contributed by atoms with Crippen molar-refractivity contribution in [3.8, 4) is 11.5 Å². The molecular formula is C20H31ClO2. The van der Waals surface area contributed by atoms with Gasteiger partial charge in [0, 0.05) is 5.56 Å². The van der Waals surface area contributed by atoms with E-state index in [4.69, 9.17) is 21.1 Å². The molecule has 0 heterocycles. The van der Waals surface area contributed by atoms with E-state index in [0.29, 0.717) is 18.2 Å². The Morgan fingerprint density at radius 3 is 1.91 bits per heavy atom. The number of benzene rings is 1. The largest absolute Gasteiger partial charge is 0.493 e. The number of hydrogen-bond acceptors (Lipinski definition) is 2. The third-order valence-electron chi connectivity index (χ3n) is 3.82. The zero-order valence-corrected chi connectivity index (χ0v) is 15.5. The average molecular weight is 339 g/mol. The summed E-state index contributed by atoms with van der Waals surface area (Å²) in [6.45, 7) is 9.68. The Kier molecular flexibility index (Phi) is 10.6. The summed E-state index contributed by atoms with van der Waals surface area (Å²) >= 11 is 6.44. The van der Waals surface area contributed by atoms with Crippen LogP contribution in [0.1, 0.15) is 70.8 Å². The van der Waals surface area contributed by atoms with Crippen LogP contribution in [0, 0.1) is 0 Å². The lowest BCUT2D eigenvalue weighted by molar-refractivity contribution is 0.296. The van der Waals surface area contributed by atoms with Crippen molar-refractivity contribution in [1.29, 1.82) is 0 Å². The average Bonchev–Trinajstić information content (AvgIpc) is 2.56. The molecule has 0 unspecified atom stereocenters. The lowest BCUT2D eigenvalue weighted by atomic mass is 10.1. The molecule has 3 heteroatoms. The molecule has 0 radical (unpaired) electrons. The zero-order chi connectivity index (χ0) is 16.9. The van der Waals surface area contributed by atoms with E-state index in [-0.39, 0.29) is 0 Å². The number of hydrogen-bond donors (Lipinski definition) is 0. The maximum absolute atomic E-state index is 6.44. The summed E-state index contributed by atoms with van der Waals surface area (Å²) in [5, 5.41) is 0.599. The van der Waals surface area contributed by atoms with Crippen LogP contribution >= 0.6 is 11.6 Å². The summed E-state index contributed by atoms with van der Waals surface area (Å²) in [4.78, 5) is 0. The molecule has 0 amide bonds. The molecule has 1 aromatic rings. The number of rotatable bonds is 13. The highest BCUT2D eigenvalue weighted by Crippen LogP contribution is 2.36. The third-order valence-corrected chi connectivity index (χ3v) is 4.21. The van der Waals surface area contributed by atoms with Gasteiger partial charge in [0.1, 0.15) is 11.5 Å². The predicted octanol–water partition coefficient (Wildman–Crippen LogP) is 6.90. The molecule has 0 aromatic heterocycles. The fourth-order valence-corrected chi connectivity index (χ4v) is 2.69. The highest BCUT2D eigenvalue weighted by molar-refractivity contribution is 6.33. The van der Waals surface area contributed by atoms with E-state index in [0.717, 1.165) is 29.9 Å². The second kappa shape index (κ2) is 12.3. The van der Waals surface area contributed by atoms with Gasteiger partial charge in [0.2, 0.25) is 0 Å². The van der Waals surface area contributed by atoms with E-state index >= 15 is 0 Å².